The van der Waals surface area contributed by atoms with Crippen LogP contribution >= 0.6 is 11.3 Å². The molecular weight excluding hydrogens is 284 g/mol. The van der Waals surface area contributed by atoms with E-state index in [1.165, 1.54) is 16.9 Å². The smallest absolute Gasteiger partial charge is 0.266 e. The van der Waals surface area contributed by atoms with Crippen LogP contribution in [0.4, 0.5) is 0 Å². The van der Waals surface area contributed by atoms with E-state index in [2.05, 4.69) is 11.1 Å². The highest BCUT2D eigenvalue weighted by atomic mass is 32.1. The molecule has 1 N–H and O–H groups in total. The van der Waals surface area contributed by atoms with Gasteiger partial charge in [0.2, 0.25) is 0 Å². The summed E-state index contributed by atoms with van der Waals surface area (Å²) in [7, 11) is 0. The van der Waals surface area contributed by atoms with Crippen molar-refractivity contribution in [1.82, 2.24) is 9.88 Å². The predicted octanol–water partition coefficient (Wildman–Crippen LogP) is 2.44. The molecule has 0 unspecified atom stereocenters. The number of fused-ring (bicyclic) bond motifs is 1. The van der Waals surface area contributed by atoms with Crippen LogP contribution in [0.3, 0.4) is 0 Å². The van der Waals surface area contributed by atoms with Crippen LogP contribution < -0.4 is 0 Å². The van der Waals surface area contributed by atoms with Crippen molar-refractivity contribution in [2.75, 3.05) is 13.2 Å². The summed E-state index contributed by atoms with van der Waals surface area (Å²) in [6.45, 7) is 2.59. The quantitative estimate of drug-likeness (QED) is 0.947. The Kier molecular flexibility index (Phi) is 4.03. The molecule has 2 heterocycles. The zero-order valence-corrected chi connectivity index (χ0v) is 12.8. The largest absolute Gasteiger partial charge is 0.394 e. The van der Waals surface area contributed by atoms with Crippen LogP contribution in [-0.2, 0) is 12.8 Å². The highest BCUT2D eigenvalue weighted by molar-refractivity contribution is 7.11. The first-order valence-electron chi connectivity index (χ1n) is 7.18. The van der Waals surface area contributed by atoms with Crippen LogP contribution in [0.15, 0.2) is 29.8 Å². The van der Waals surface area contributed by atoms with E-state index in [-0.39, 0.29) is 18.6 Å². The van der Waals surface area contributed by atoms with Gasteiger partial charge in [0.15, 0.2) is 0 Å². The SMILES string of the molecule is CCc1ncsc1C(=O)N1CCc2ccccc2[C@@H]1CO. The Morgan fingerprint density at radius 1 is 1.48 bits per heavy atom. The van der Waals surface area contributed by atoms with Gasteiger partial charge in [-0.2, -0.15) is 0 Å². The Morgan fingerprint density at radius 2 is 2.29 bits per heavy atom. The van der Waals surface area contributed by atoms with Crippen molar-refractivity contribution < 1.29 is 9.90 Å². The number of aromatic nitrogens is 1. The number of benzene rings is 1. The molecule has 4 nitrogen and oxygen atoms in total. The van der Waals surface area contributed by atoms with Crippen molar-refractivity contribution in [2.45, 2.75) is 25.8 Å². The van der Waals surface area contributed by atoms with Crippen LogP contribution in [0.2, 0.25) is 0 Å². The van der Waals surface area contributed by atoms with Gasteiger partial charge in [0.1, 0.15) is 4.88 Å². The number of amides is 1. The first-order valence-corrected chi connectivity index (χ1v) is 8.06. The minimum Gasteiger partial charge on any atom is -0.394 e. The maximum atomic E-state index is 12.8. The Labute approximate surface area is 128 Å². The highest BCUT2D eigenvalue weighted by Gasteiger charge is 2.32. The number of nitrogens with zero attached hydrogens (tertiary/aromatic N) is 2. The summed E-state index contributed by atoms with van der Waals surface area (Å²) in [6, 6.07) is 7.78. The molecular formula is C16H18N2O2S. The molecule has 0 bridgehead atoms. The molecule has 0 fully saturated rings. The first kappa shape index (κ1) is 14.2. The molecule has 1 aromatic carbocycles. The molecule has 0 radical (unpaired) electrons. The van der Waals surface area contributed by atoms with Gasteiger partial charge >= 0.3 is 0 Å². The molecule has 5 heteroatoms. The molecule has 0 spiro atoms. The Hall–Kier alpha value is -1.72. The van der Waals surface area contributed by atoms with E-state index in [1.54, 1.807) is 10.4 Å². The number of rotatable bonds is 3. The molecule has 0 aliphatic carbocycles. The first-order chi connectivity index (χ1) is 10.3. The van der Waals surface area contributed by atoms with Crippen molar-refractivity contribution in [1.29, 1.82) is 0 Å². The molecule has 1 aliphatic rings. The summed E-state index contributed by atoms with van der Waals surface area (Å²) < 4.78 is 0. The van der Waals surface area contributed by atoms with Gasteiger partial charge in [-0.3, -0.25) is 4.79 Å². The van der Waals surface area contributed by atoms with Crippen molar-refractivity contribution in [3.63, 3.8) is 0 Å². The number of hydrogen-bond acceptors (Lipinski definition) is 4. The van der Waals surface area contributed by atoms with Crippen molar-refractivity contribution in [3.8, 4) is 0 Å². The van der Waals surface area contributed by atoms with Gasteiger partial charge in [-0.1, -0.05) is 31.2 Å². The predicted molar refractivity (Wildman–Crippen MR) is 82.5 cm³/mol. The van der Waals surface area contributed by atoms with Crippen LogP contribution in [0.1, 0.15) is 39.5 Å². The van der Waals surface area contributed by atoms with Crippen LogP contribution in [0.5, 0.6) is 0 Å². The summed E-state index contributed by atoms with van der Waals surface area (Å²) in [5, 5.41) is 9.78. The van der Waals surface area contributed by atoms with E-state index >= 15 is 0 Å². The Balaban J connectivity index is 1.94. The zero-order chi connectivity index (χ0) is 14.8. The molecule has 1 amide bonds. The van der Waals surface area contributed by atoms with Crippen LogP contribution in [0, 0.1) is 0 Å². The molecule has 0 saturated carbocycles. The third-order valence-corrected chi connectivity index (χ3v) is 4.87. The highest BCUT2D eigenvalue weighted by Crippen LogP contribution is 2.31. The summed E-state index contributed by atoms with van der Waals surface area (Å²) in [4.78, 5) is 19.5. The van der Waals surface area contributed by atoms with E-state index in [9.17, 15) is 9.90 Å². The van der Waals surface area contributed by atoms with Crippen molar-refractivity contribution >= 4 is 17.2 Å². The number of thiazole rings is 1. The summed E-state index contributed by atoms with van der Waals surface area (Å²) >= 11 is 1.39. The van der Waals surface area contributed by atoms with Crippen LogP contribution in [0.25, 0.3) is 0 Å². The second kappa shape index (κ2) is 5.95. The van der Waals surface area contributed by atoms with Gasteiger partial charge in [-0.15, -0.1) is 11.3 Å². The molecule has 2 aromatic rings. The minimum absolute atomic E-state index is 0.0112. The fraction of sp³-hybridized carbons (Fsp3) is 0.375. The number of aliphatic hydroxyl groups is 1. The van der Waals surface area contributed by atoms with Gasteiger partial charge in [0.05, 0.1) is 23.9 Å². The number of carbonyl (C=O) groups excluding carboxylic acids is 1. The van der Waals surface area contributed by atoms with E-state index < -0.39 is 0 Å². The molecule has 1 aliphatic heterocycles. The summed E-state index contributed by atoms with van der Waals surface area (Å²) in [5.41, 5.74) is 4.85. The standard InChI is InChI=1S/C16H18N2O2S/c1-2-13-15(21-10-17-13)16(20)18-8-7-11-5-3-4-6-12(11)14(18)9-19/h3-6,10,14,19H,2,7-9H2,1H3/t14-/m0/s1. The molecule has 0 saturated heterocycles. The molecule has 21 heavy (non-hydrogen) atoms. The molecule has 3 rings (SSSR count). The van der Waals surface area contributed by atoms with Crippen molar-refractivity contribution in [3.05, 3.63) is 51.5 Å². The lowest BCUT2D eigenvalue weighted by Gasteiger charge is -2.36. The van der Waals surface area contributed by atoms with E-state index in [1.807, 2.05) is 25.1 Å². The molecule has 1 aromatic heterocycles. The topological polar surface area (TPSA) is 53.4 Å². The Bertz CT molecular complexity index is 653. The van der Waals surface area contributed by atoms with E-state index in [0.29, 0.717) is 11.4 Å². The normalized spacial score (nSPS) is 17.6. The number of carbonyl (C=O) groups is 1. The fourth-order valence-electron chi connectivity index (χ4n) is 2.92. The lowest BCUT2D eigenvalue weighted by Crippen LogP contribution is -2.41. The minimum atomic E-state index is -0.255. The second-order valence-electron chi connectivity index (χ2n) is 5.13. The monoisotopic (exact) mass is 302 g/mol. The number of hydrogen-bond donors (Lipinski definition) is 1. The van der Waals surface area contributed by atoms with Gasteiger partial charge in [-0.25, -0.2) is 4.98 Å². The van der Waals surface area contributed by atoms with Crippen LogP contribution in [-0.4, -0.2) is 34.0 Å². The lowest BCUT2D eigenvalue weighted by molar-refractivity contribution is 0.0572. The van der Waals surface area contributed by atoms with Crippen molar-refractivity contribution in [2.24, 2.45) is 0 Å². The van der Waals surface area contributed by atoms with Gasteiger partial charge in [-0.05, 0) is 24.0 Å². The third-order valence-electron chi connectivity index (χ3n) is 4.02. The zero-order valence-electron chi connectivity index (χ0n) is 12.0. The number of aryl methyl sites for hydroxylation is 1. The summed E-state index contributed by atoms with van der Waals surface area (Å²) in [6.07, 6.45) is 1.58. The average molecular weight is 302 g/mol. The Morgan fingerprint density at radius 3 is 3.05 bits per heavy atom. The van der Waals surface area contributed by atoms with Gasteiger partial charge in [0.25, 0.3) is 5.91 Å². The number of aliphatic hydroxyl groups excluding tert-OH is 1. The molecule has 1 atom stereocenters. The lowest BCUT2D eigenvalue weighted by atomic mass is 9.93. The van der Waals surface area contributed by atoms with E-state index in [4.69, 9.17) is 0 Å². The van der Waals surface area contributed by atoms with Gasteiger partial charge in [0, 0.05) is 6.54 Å². The third kappa shape index (κ3) is 2.47. The van der Waals surface area contributed by atoms with E-state index in [0.717, 1.165) is 24.1 Å². The second-order valence-corrected chi connectivity index (χ2v) is 5.98. The fourth-order valence-corrected chi connectivity index (χ4v) is 3.75. The summed E-state index contributed by atoms with van der Waals surface area (Å²) in [5.74, 6) is -0.0112. The maximum Gasteiger partial charge on any atom is 0.266 e. The molecule has 110 valence electrons. The maximum absolute atomic E-state index is 12.8. The van der Waals surface area contributed by atoms with Gasteiger partial charge < -0.3 is 10.0 Å². The average Bonchev–Trinajstić information content (AvgIpc) is 3.01.